The number of anilines is 1. The van der Waals surface area contributed by atoms with Gasteiger partial charge < -0.3 is 10.5 Å². The van der Waals surface area contributed by atoms with Gasteiger partial charge in [0, 0.05) is 12.1 Å². The van der Waals surface area contributed by atoms with Crippen LogP contribution in [0.3, 0.4) is 0 Å². The number of ether oxygens (including phenoxy) is 1. The monoisotopic (exact) mass is 263 g/mol. The van der Waals surface area contributed by atoms with Crippen LogP contribution in [0, 0.1) is 0 Å². The molecule has 1 aromatic rings. The van der Waals surface area contributed by atoms with Crippen molar-refractivity contribution in [1.82, 2.24) is 0 Å². The fourth-order valence-corrected chi connectivity index (χ4v) is 1.96. The van der Waals surface area contributed by atoms with Crippen molar-refractivity contribution in [3.63, 3.8) is 0 Å². The summed E-state index contributed by atoms with van der Waals surface area (Å²) in [6.07, 6.45) is 6.99. The maximum absolute atomic E-state index is 11.5. The molecular formula is C16H25NO2. The molecule has 0 atom stereocenters. The van der Waals surface area contributed by atoms with Gasteiger partial charge in [0.25, 0.3) is 0 Å². The second-order valence-corrected chi connectivity index (χ2v) is 4.88. The topological polar surface area (TPSA) is 52.3 Å². The molecule has 0 unspecified atom stereocenters. The number of hydrogen-bond donors (Lipinski definition) is 1. The van der Waals surface area contributed by atoms with Crippen LogP contribution in [0.2, 0.25) is 0 Å². The van der Waals surface area contributed by atoms with Crippen LogP contribution in [0.4, 0.5) is 5.69 Å². The number of nitrogen functional groups attached to an aromatic ring is 1. The number of aryl methyl sites for hydroxylation is 1. The van der Waals surface area contributed by atoms with E-state index in [1.165, 1.54) is 19.3 Å². The first kappa shape index (κ1) is 15.5. The van der Waals surface area contributed by atoms with E-state index in [9.17, 15) is 4.79 Å². The van der Waals surface area contributed by atoms with E-state index in [-0.39, 0.29) is 5.97 Å². The molecule has 0 aliphatic heterocycles. The van der Waals surface area contributed by atoms with Crippen LogP contribution in [-0.2, 0) is 16.0 Å². The second-order valence-electron chi connectivity index (χ2n) is 4.88. The van der Waals surface area contributed by atoms with Gasteiger partial charge in [0.05, 0.1) is 6.61 Å². The Balaban J connectivity index is 2.08. The highest BCUT2D eigenvalue weighted by Crippen LogP contribution is 2.09. The molecule has 0 radical (unpaired) electrons. The normalized spacial score (nSPS) is 10.4. The van der Waals surface area contributed by atoms with Gasteiger partial charge in [0.1, 0.15) is 0 Å². The molecule has 0 saturated carbocycles. The number of nitrogens with two attached hydrogens (primary N) is 1. The molecule has 0 saturated heterocycles. The number of unbranched alkanes of at least 4 members (excludes halogenated alkanes) is 4. The van der Waals surface area contributed by atoms with Crippen molar-refractivity contribution in [2.24, 2.45) is 0 Å². The van der Waals surface area contributed by atoms with Crippen molar-refractivity contribution in [2.45, 2.75) is 51.9 Å². The van der Waals surface area contributed by atoms with Crippen molar-refractivity contribution in [2.75, 3.05) is 12.3 Å². The largest absolute Gasteiger partial charge is 0.466 e. The number of carbonyl (C=O) groups is 1. The van der Waals surface area contributed by atoms with Crippen LogP contribution in [0.1, 0.15) is 51.0 Å². The molecule has 0 aliphatic rings. The molecule has 1 aromatic carbocycles. The van der Waals surface area contributed by atoms with Gasteiger partial charge in [0.2, 0.25) is 0 Å². The lowest BCUT2D eigenvalue weighted by Crippen LogP contribution is -2.07. The predicted molar refractivity (Wildman–Crippen MR) is 78.9 cm³/mol. The molecule has 3 nitrogen and oxygen atoms in total. The first-order valence-electron chi connectivity index (χ1n) is 7.22. The first-order valence-corrected chi connectivity index (χ1v) is 7.22. The number of esters is 1. The van der Waals surface area contributed by atoms with Crippen LogP contribution >= 0.6 is 0 Å². The van der Waals surface area contributed by atoms with Crippen molar-refractivity contribution in [1.29, 1.82) is 0 Å². The summed E-state index contributed by atoms with van der Waals surface area (Å²) in [6, 6.07) is 7.63. The Bertz CT molecular complexity index is 377. The number of carbonyl (C=O) groups excluding carboxylic acids is 1. The van der Waals surface area contributed by atoms with Crippen molar-refractivity contribution in [3.05, 3.63) is 29.8 Å². The summed E-state index contributed by atoms with van der Waals surface area (Å²) < 4.78 is 5.20. The smallest absolute Gasteiger partial charge is 0.306 e. The minimum absolute atomic E-state index is 0.113. The van der Waals surface area contributed by atoms with E-state index in [2.05, 4.69) is 6.92 Å². The van der Waals surface area contributed by atoms with E-state index >= 15 is 0 Å². The summed E-state index contributed by atoms with van der Waals surface area (Å²) in [5.74, 6) is -0.113. The number of rotatable bonds is 9. The molecule has 0 bridgehead atoms. The molecule has 0 aromatic heterocycles. The van der Waals surface area contributed by atoms with Crippen LogP contribution in [0.25, 0.3) is 0 Å². The standard InChI is InChI=1S/C16H25NO2/c1-2-3-4-5-6-12-19-16(18)11-10-14-8-7-9-15(17)13-14/h7-9,13H,2-6,10-12,17H2,1H3. The lowest BCUT2D eigenvalue weighted by molar-refractivity contribution is -0.143. The first-order chi connectivity index (χ1) is 9.22. The zero-order valence-electron chi connectivity index (χ0n) is 11.9. The maximum atomic E-state index is 11.5. The van der Waals surface area contributed by atoms with Crippen LogP contribution in [-0.4, -0.2) is 12.6 Å². The third-order valence-corrected chi connectivity index (χ3v) is 3.08. The fourth-order valence-electron chi connectivity index (χ4n) is 1.96. The van der Waals surface area contributed by atoms with Gasteiger partial charge in [-0.05, 0) is 30.5 Å². The Morgan fingerprint density at radius 1 is 1.21 bits per heavy atom. The predicted octanol–water partition coefficient (Wildman–Crippen LogP) is 3.72. The Morgan fingerprint density at radius 3 is 2.74 bits per heavy atom. The Kier molecular flexibility index (Phi) is 7.71. The number of hydrogen-bond acceptors (Lipinski definition) is 3. The molecule has 19 heavy (non-hydrogen) atoms. The van der Waals surface area contributed by atoms with Crippen molar-refractivity contribution >= 4 is 11.7 Å². The fraction of sp³-hybridized carbons (Fsp3) is 0.562. The molecule has 0 fully saturated rings. The minimum atomic E-state index is -0.113. The highest BCUT2D eigenvalue weighted by Gasteiger charge is 2.03. The second kappa shape index (κ2) is 9.42. The summed E-state index contributed by atoms with van der Waals surface area (Å²) in [4.78, 5) is 11.5. The molecule has 0 heterocycles. The molecule has 3 heteroatoms. The minimum Gasteiger partial charge on any atom is -0.466 e. The lowest BCUT2D eigenvalue weighted by Gasteiger charge is -2.05. The van der Waals surface area contributed by atoms with Gasteiger partial charge in [0.15, 0.2) is 0 Å². The SMILES string of the molecule is CCCCCCCOC(=O)CCc1cccc(N)c1. The third-order valence-electron chi connectivity index (χ3n) is 3.08. The van der Waals surface area contributed by atoms with Gasteiger partial charge in [-0.15, -0.1) is 0 Å². The van der Waals surface area contributed by atoms with Gasteiger partial charge in [-0.25, -0.2) is 0 Å². The molecule has 2 N–H and O–H groups in total. The average molecular weight is 263 g/mol. The van der Waals surface area contributed by atoms with Crippen LogP contribution < -0.4 is 5.73 Å². The van der Waals surface area contributed by atoms with E-state index in [4.69, 9.17) is 10.5 Å². The molecule has 0 amide bonds. The number of benzene rings is 1. The average Bonchev–Trinajstić information content (AvgIpc) is 2.40. The van der Waals surface area contributed by atoms with E-state index < -0.39 is 0 Å². The van der Waals surface area contributed by atoms with Crippen LogP contribution in [0.5, 0.6) is 0 Å². The summed E-state index contributed by atoms with van der Waals surface area (Å²) >= 11 is 0. The third kappa shape index (κ3) is 7.50. The Labute approximate surface area is 116 Å². The Hall–Kier alpha value is -1.51. The van der Waals surface area contributed by atoms with Crippen LogP contribution in [0.15, 0.2) is 24.3 Å². The molecule has 0 aliphatic carbocycles. The van der Waals surface area contributed by atoms with Gasteiger partial charge in [-0.2, -0.15) is 0 Å². The summed E-state index contributed by atoms with van der Waals surface area (Å²) in [6.45, 7) is 2.75. The van der Waals surface area contributed by atoms with E-state index in [1.807, 2.05) is 24.3 Å². The molecular weight excluding hydrogens is 238 g/mol. The highest BCUT2D eigenvalue weighted by atomic mass is 16.5. The summed E-state index contributed by atoms with van der Waals surface area (Å²) in [5.41, 5.74) is 7.51. The molecule has 1 rings (SSSR count). The van der Waals surface area contributed by atoms with Gasteiger partial charge in [-0.1, -0.05) is 44.7 Å². The van der Waals surface area contributed by atoms with Gasteiger partial charge >= 0.3 is 5.97 Å². The van der Waals surface area contributed by atoms with E-state index in [1.54, 1.807) is 0 Å². The highest BCUT2D eigenvalue weighted by molar-refractivity contribution is 5.69. The molecule has 106 valence electrons. The quantitative estimate of drug-likeness (QED) is 0.420. The zero-order chi connectivity index (χ0) is 13.9. The maximum Gasteiger partial charge on any atom is 0.306 e. The summed E-state index contributed by atoms with van der Waals surface area (Å²) in [7, 11) is 0. The van der Waals surface area contributed by atoms with Crippen molar-refractivity contribution < 1.29 is 9.53 Å². The van der Waals surface area contributed by atoms with Crippen molar-refractivity contribution in [3.8, 4) is 0 Å². The van der Waals surface area contributed by atoms with Gasteiger partial charge in [-0.3, -0.25) is 4.79 Å². The molecule has 0 spiro atoms. The lowest BCUT2D eigenvalue weighted by atomic mass is 10.1. The zero-order valence-corrected chi connectivity index (χ0v) is 11.9. The van der Waals surface area contributed by atoms with E-state index in [0.29, 0.717) is 19.4 Å². The van der Waals surface area contributed by atoms with E-state index in [0.717, 1.165) is 24.1 Å². The summed E-state index contributed by atoms with van der Waals surface area (Å²) in [5, 5.41) is 0. The Morgan fingerprint density at radius 2 is 2.00 bits per heavy atom.